The van der Waals surface area contributed by atoms with Crippen LogP contribution in [0.4, 0.5) is 0 Å². The standard InChI is InChI=1S/C18H14O6/c1-22-15-4-2-3-12-9-14(18(21)24-17(12)15)11-5-7-13(8-6-11)23-10-16(19)20/h2-9H,10H2,1H3,(H,19,20). The van der Waals surface area contributed by atoms with E-state index in [1.165, 1.54) is 7.11 Å². The van der Waals surface area contributed by atoms with E-state index in [2.05, 4.69) is 0 Å². The molecular formula is C18H14O6. The molecule has 0 amide bonds. The van der Waals surface area contributed by atoms with Crippen molar-refractivity contribution in [2.24, 2.45) is 0 Å². The first-order chi connectivity index (χ1) is 11.6. The zero-order valence-corrected chi connectivity index (χ0v) is 12.8. The Morgan fingerprint density at radius 3 is 2.58 bits per heavy atom. The van der Waals surface area contributed by atoms with E-state index in [1.54, 1.807) is 36.4 Å². The van der Waals surface area contributed by atoms with Crippen molar-refractivity contribution in [2.75, 3.05) is 13.7 Å². The summed E-state index contributed by atoms with van der Waals surface area (Å²) in [6.45, 7) is -0.419. The number of hydrogen-bond acceptors (Lipinski definition) is 5. The van der Waals surface area contributed by atoms with Gasteiger partial charge in [0.1, 0.15) is 5.75 Å². The van der Waals surface area contributed by atoms with Crippen LogP contribution in [-0.4, -0.2) is 24.8 Å². The van der Waals surface area contributed by atoms with Crippen LogP contribution in [0.15, 0.2) is 57.7 Å². The van der Waals surface area contributed by atoms with Crippen molar-refractivity contribution >= 4 is 16.9 Å². The molecule has 6 heteroatoms. The Balaban J connectivity index is 1.98. The predicted octanol–water partition coefficient (Wildman–Crippen LogP) is 2.93. The Morgan fingerprint density at radius 2 is 1.92 bits per heavy atom. The summed E-state index contributed by atoms with van der Waals surface area (Å²) in [7, 11) is 1.51. The van der Waals surface area contributed by atoms with Crippen LogP contribution in [0.2, 0.25) is 0 Å². The van der Waals surface area contributed by atoms with Gasteiger partial charge in [0.15, 0.2) is 17.9 Å². The number of carboxylic acids is 1. The number of rotatable bonds is 5. The van der Waals surface area contributed by atoms with Crippen LogP contribution in [0.5, 0.6) is 11.5 Å². The molecule has 0 saturated heterocycles. The number of para-hydroxylation sites is 1. The van der Waals surface area contributed by atoms with Crippen molar-refractivity contribution in [1.29, 1.82) is 0 Å². The van der Waals surface area contributed by atoms with Gasteiger partial charge < -0.3 is 19.0 Å². The largest absolute Gasteiger partial charge is 0.493 e. The van der Waals surface area contributed by atoms with Crippen LogP contribution in [0.25, 0.3) is 22.1 Å². The smallest absolute Gasteiger partial charge is 0.344 e. The fourth-order valence-corrected chi connectivity index (χ4v) is 2.36. The van der Waals surface area contributed by atoms with Crippen LogP contribution in [0.3, 0.4) is 0 Å². The molecule has 0 saturated carbocycles. The number of aliphatic carboxylic acids is 1. The Bertz CT molecular complexity index is 940. The van der Waals surface area contributed by atoms with Crippen LogP contribution >= 0.6 is 0 Å². The second-order valence-electron chi connectivity index (χ2n) is 5.03. The van der Waals surface area contributed by atoms with Crippen molar-refractivity contribution in [3.05, 3.63) is 59.0 Å². The van der Waals surface area contributed by atoms with Gasteiger partial charge in [0.05, 0.1) is 12.7 Å². The van der Waals surface area contributed by atoms with Gasteiger partial charge in [0.25, 0.3) is 0 Å². The quantitative estimate of drug-likeness (QED) is 0.726. The van der Waals surface area contributed by atoms with E-state index in [-0.39, 0.29) is 0 Å². The summed E-state index contributed by atoms with van der Waals surface area (Å²) >= 11 is 0. The van der Waals surface area contributed by atoms with Gasteiger partial charge in [-0.25, -0.2) is 9.59 Å². The molecule has 0 fully saturated rings. The average Bonchev–Trinajstić information content (AvgIpc) is 2.59. The molecule has 3 rings (SSSR count). The van der Waals surface area contributed by atoms with E-state index in [0.29, 0.717) is 28.2 Å². The summed E-state index contributed by atoms with van der Waals surface area (Å²) in [5.74, 6) is -0.148. The molecular weight excluding hydrogens is 312 g/mol. The lowest BCUT2D eigenvalue weighted by molar-refractivity contribution is -0.139. The maximum Gasteiger partial charge on any atom is 0.344 e. The maximum absolute atomic E-state index is 12.3. The van der Waals surface area contributed by atoms with Crippen LogP contribution in [-0.2, 0) is 4.79 Å². The van der Waals surface area contributed by atoms with Gasteiger partial charge in [-0.3, -0.25) is 0 Å². The zero-order valence-electron chi connectivity index (χ0n) is 12.8. The van der Waals surface area contributed by atoms with Crippen molar-refractivity contribution in [3.8, 4) is 22.6 Å². The highest BCUT2D eigenvalue weighted by molar-refractivity contribution is 5.86. The van der Waals surface area contributed by atoms with Gasteiger partial charge in [-0.2, -0.15) is 0 Å². The van der Waals surface area contributed by atoms with E-state index < -0.39 is 18.2 Å². The van der Waals surface area contributed by atoms with E-state index in [9.17, 15) is 9.59 Å². The fourth-order valence-electron chi connectivity index (χ4n) is 2.36. The van der Waals surface area contributed by atoms with Crippen LogP contribution < -0.4 is 15.1 Å². The minimum atomic E-state index is -1.05. The molecule has 6 nitrogen and oxygen atoms in total. The second kappa shape index (κ2) is 6.45. The lowest BCUT2D eigenvalue weighted by Gasteiger charge is -2.07. The lowest BCUT2D eigenvalue weighted by Crippen LogP contribution is -2.09. The van der Waals surface area contributed by atoms with Crippen LogP contribution in [0.1, 0.15) is 0 Å². The Kier molecular flexibility index (Phi) is 4.20. The number of carboxylic acid groups (broad SMARTS) is 1. The van der Waals surface area contributed by atoms with Gasteiger partial charge in [-0.15, -0.1) is 0 Å². The number of fused-ring (bicyclic) bond motifs is 1. The third kappa shape index (κ3) is 3.08. The molecule has 0 bridgehead atoms. The summed E-state index contributed by atoms with van der Waals surface area (Å²) in [4.78, 5) is 22.8. The predicted molar refractivity (Wildman–Crippen MR) is 87.6 cm³/mol. The Morgan fingerprint density at radius 1 is 1.17 bits per heavy atom. The number of hydrogen-bond donors (Lipinski definition) is 1. The van der Waals surface area contributed by atoms with Gasteiger partial charge in [0, 0.05) is 5.39 Å². The molecule has 0 atom stereocenters. The van der Waals surface area contributed by atoms with E-state index in [4.69, 9.17) is 19.0 Å². The maximum atomic E-state index is 12.3. The van der Waals surface area contributed by atoms with Gasteiger partial charge in [0.2, 0.25) is 0 Å². The monoisotopic (exact) mass is 326 g/mol. The summed E-state index contributed by atoms with van der Waals surface area (Å²) in [5, 5.41) is 9.34. The first-order valence-corrected chi connectivity index (χ1v) is 7.14. The summed E-state index contributed by atoms with van der Waals surface area (Å²) in [5.41, 5.74) is 0.970. The number of ether oxygens (including phenoxy) is 2. The lowest BCUT2D eigenvalue weighted by atomic mass is 10.1. The number of methoxy groups -OCH3 is 1. The van der Waals surface area contributed by atoms with Crippen molar-refractivity contribution in [2.45, 2.75) is 0 Å². The van der Waals surface area contributed by atoms with Gasteiger partial charge >= 0.3 is 11.6 Å². The first kappa shape index (κ1) is 15.6. The minimum absolute atomic E-state index is 0.398. The molecule has 24 heavy (non-hydrogen) atoms. The molecule has 0 aliphatic rings. The van der Waals surface area contributed by atoms with Crippen molar-refractivity contribution < 1.29 is 23.8 Å². The highest BCUT2D eigenvalue weighted by Crippen LogP contribution is 2.28. The molecule has 0 aliphatic carbocycles. The van der Waals surface area contributed by atoms with Gasteiger partial charge in [-0.1, -0.05) is 24.3 Å². The molecule has 1 aromatic heterocycles. The van der Waals surface area contributed by atoms with Gasteiger partial charge in [-0.05, 0) is 29.8 Å². The third-order valence-electron chi connectivity index (χ3n) is 3.47. The average molecular weight is 326 g/mol. The molecule has 3 aromatic rings. The van der Waals surface area contributed by atoms with E-state index in [1.807, 2.05) is 12.1 Å². The third-order valence-corrected chi connectivity index (χ3v) is 3.47. The number of carbonyl (C=O) groups is 1. The van der Waals surface area contributed by atoms with Crippen molar-refractivity contribution in [1.82, 2.24) is 0 Å². The Hall–Kier alpha value is -3.28. The van der Waals surface area contributed by atoms with Crippen LogP contribution in [0, 0.1) is 0 Å². The molecule has 0 radical (unpaired) electrons. The molecule has 2 aromatic carbocycles. The minimum Gasteiger partial charge on any atom is -0.493 e. The topological polar surface area (TPSA) is 86.0 Å². The highest BCUT2D eigenvalue weighted by Gasteiger charge is 2.11. The normalized spacial score (nSPS) is 10.5. The molecule has 0 spiro atoms. The summed E-state index contributed by atoms with van der Waals surface area (Å²) < 4.78 is 15.7. The Labute approximate surface area is 136 Å². The summed E-state index contributed by atoms with van der Waals surface area (Å²) in [6.07, 6.45) is 0. The molecule has 122 valence electrons. The molecule has 0 unspecified atom stereocenters. The molecule has 1 N–H and O–H groups in total. The summed E-state index contributed by atoms with van der Waals surface area (Å²) in [6, 6.07) is 13.7. The SMILES string of the molecule is COc1cccc2cc(-c3ccc(OCC(=O)O)cc3)c(=O)oc12. The molecule has 1 heterocycles. The number of benzene rings is 2. The highest BCUT2D eigenvalue weighted by atomic mass is 16.5. The molecule has 0 aliphatic heterocycles. The zero-order chi connectivity index (χ0) is 17.1. The van der Waals surface area contributed by atoms with E-state index in [0.717, 1.165) is 5.39 Å². The first-order valence-electron chi connectivity index (χ1n) is 7.14. The fraction of sp³-hybridized carbons (Fsp3) is 0.111. The second-order valence-corrected chi connectivity index (χ2v) is 5.03. The van der Waals surface area contributed by atoms with Crippen molar-refractivity contribution in [3.63, 3.8) is 0 Å². The van der Waals surface area contributed by atoms with E-state index >= 15 is 0 Å².